The number of halogens is 4. The number of carbonyl (C=O) groups excluding carboxylic acids is 1. The van der Waals surface area contributed by atoms with Gasteiger partial charge in [-0.25, -0.2) is 4.79 Å². The van der Waals surface area contributed by atoms with Crippen molar-refractivity contribution >= 4 is 28.5 Å². The van der Waals surface area contributed by atoms with Gasteiger partial charge in [-0.2, -0.15) is 13.2 Å². The average molecular weight is 546 g/mol. The van der Waals surface area contributed by atoms with E-state index in [1.807, 2.05) is 17.0 Å². The van der Waals surface area contributed by atoms with E-state index in [9.17, 15) is 22.8 Å². The fraction of sp³-hybridized carbons (Fsp3) is 0.185. The molecule has 7 nitrogen and oxygen atoms in total. The quantitative estimate of drug-likeness (QED) is 0.269. The summed E-state index contributed by atoms with van der Waals surface area (Å²) >= 11 is 5.94. The van der Waals surface area contributed by atoms with E-state index in [0.717, 1.165) is 5.56 Å². The van der Waals surface area contributed by atoms with Crippen LogP contribution in [-0.2, 0) is 24.0 Å². The molecule has 0 amide bonds. The van der Waals surface area contributed by atoms with Crippen molar-refractivity contribution in [2.24, 2.45) is 0 Å². The Bertz CT molecular complexity index is 1570. The average Bonchev–Trinajstić information content (AvgIpc) is 2.90. The second kappa shape index (κ2) is 10.0. The summed E-state index contributed by atoms with van der Waals surface area (Å²) in [4.78, 5) is 26.8. The zero-order valence-electron chi connectivity index (χ0n) is 19.8. The highest BCUT2D eigenvalue weighted by atomic mass is 35.5. The maximum atomic E-state index is 14.1. The molecule has 11 heteroatoms. The second-order valence-electron chi connectivity index (χ2n) is 8.51. The van der Waals surface area contributed by atoms with E-state index in [1.165, 1.54) is 43.5 Å². The minimum Gasteiger partial charge on any atom is -0.478 e. The van der Waals surface area contributed by atoms with Crippen molar-refractivity contribution in [1.29, 1.82) is 0 Å². The standard InChI is InChI=1S/C27H19ClF3NO6/c1-35-26(34)16-4-8-18(9-5-16)37-24-22(33)19-10-11-21-20(23(19)38-25(24)27(29,30)31)13-32(14-36-21)12-15-2-6-17(28)7-3-15/h2-11H,12-14H2,1H3. The second-order valence-corrected chi connectivity index (χ2v) is 8.95. The summed E-state index contributed by atoms with van der Waals surface area (Å²) in [5.41, 5.74) is 0.186. The normalized spacial score (nSPS) is 13.6. The van der Waals surface area contributed by atoms with Crippen LogP contribution in [0.4, 0.5) is 13.2 Å². The van der Waals surface area contributed by atoms with Crippen LogP contribution in [0.1, 0.15) is 27.2 Å². The largest absolute Gasteiger partial charge is 0.478 e. The SMILES string of the molecule is COC(=O)c1ccc(Oc2c(C(F)(F)F)oc3c4c(ccc3c2=O)OCN(Cc2ccc(Cl)cc2)C4)cc1. The molecule has 0 N–H and O–H groups in total. The number of fused-ring (bicyclic) bond motifs is 3. The minimum atomic E-state index is -5.03. The summed E-state index contributed by atoms with van der Waals surface area (Å²) in [5, 5.41) is 0.494. The monoisotopic (exact) mass is 545 g/mol. The summed E-state index contributed by atoms with van der Waals surface area (Å²) in [6, 6.07) is 15.2. The van der Waals surface area contributed by atoms with E-state index in [-0.39, 0.29) is 35.6 Å². The fourth-order valence-corrected chi connectivity index (χ4v) is 4.24. The molecule has 0 spiro atoms. The van der Waals surface area contributed by atoms with Crippen molar-refractivity contribution in [2.75, 3.05) is 13.8 Å². The van der Waals surface area contributed by atoms with Crippen LogP contribution < -0.4 is 14.9 Å². The predicted molar refractivity (Wildman–Crippen MR) is 132 cm³/mol. The molecule has 3 aromatic carbocycles. The Hall–Kier alpha value is -4.02. The van der Waals surface area contributed by atoms with Crippen LogP contribution in [0.15, 0.2) is 69.9 Å². The van der Waals surface area contributed by atoms with Gasteiger partial charge in [0.1, 0.15) is 23.8 Å². The van der Waals surface area contributed by atoms with Gasteiger partial charge in [0, 0.05) is 18.1 Å². The first kappa shape index (κ1) is 25.6. The Balaban J connectivity index is 1.54. The van der Waals surface area contributed by atoms with Gasteiger partial charge in [-0.15, -0.1) is 0 Å². The summed E-state index contributed by atoms with van der Waals surface area (Å²) in [6.07, 6.45) is -5.03. The summed E-state index contributed by atoms with van der Waals surface area (Å²) < 4.78 is 63.3. The van der Waals surface area contributed by atoms with Gasteiger partial charge in [-0.05, 0) is 54.1 Å². The highest BCUT2D eigenvalue weighted by Gasteiger charge is 2.41. The Morgan fingerprint density at radius 1 is 1.05 bits per heavy atom. The van der Waals surface area contributed by atoms with Crippen LogP contribution in [-0.4, -0.2) is 24.7 Å². The van der Waals surface area contributed by atoms with Gasteiger partial charge < -0.3 is 18.6 Å². The lowest BCUT2D eigenvalue weighted by Crippen LogP contribution is -2.32. The molecule has 2 heterocycles. The van der Waals surface area contributed by atoms with E-state index >= 15 is 0 Å². The maximum absolute atomic E-state index is 14.1. The molecule has 1 aliphatic heterocycles. The van der Waals surface area contributed by atoms with Gasteiger partial charge in [0.05, 0.1) is 23.6 Å². The van der Waals surface area contributed by atoms with Crippen LogP contribution >= 0.6 is 11.6 Å². The molecule has 5 rings (SSSR count). The molecule has 4 aromatic rings. The number of methoxy groups -OCH3 is 1. The highest BCUT2D eigenvalue weighted by molar-refractivity contribution is 6.30. The lowest BCUT2D eigenvalue weighted by Gasteiger charge is -2.29. The summed E-state index contributed by atoms with van der Waals surface area (Å²) in [5.74, 6) is -2.98. The smallest absolute Gasteiger partial charge is 0.453 e. The van der Waals surface area contributed by atoms with Gasteiger partial charge >= 0.3 is 12.1 Å². The molecule has 0 bridgehead atoms. The molecule has 0 atom stereocenters. The molecule has 0 fully saturated rings. The topological polar surface area (TPSA) is 78.2 Å². The number of alkyl halides is 3. The van der Waals surface area contributed by atoms with Gasteiger partial charge in [0.2, 0.25) is 11.2 Å². The predicted octanol–water partition coefficient (Wildman–Crippen LogP) is 6.40. The molecule has 0 aliphatic carbocycles. The number of hydrogen-bond acceptors (Lipinski definition) is 7. The molecule has 38 heavy (non-hydrogen) atoms. The van der Waals surface area contributed by atoms with Gasteiger partial charge in [0.25, 0.3) is 5.76 Å². The molecule has 0 unspecified atom stereocenters. The Morgan fingerprint density at radius 3 is 2.42 bits per heavy atom. The van der Waals surface area contributed by atoms with E-state index in [2.05, 4.69) is 4.74 Å². The lowest BCUT2D eigenvalue weighted by molar-refractivity contribution is -0.154. The third-order valence-corrected chi connectivity index (χ3v) is 6.19. The first-order chi connectivity index (χ1) is 18.1. The summed E-state index contributed by atoms with van der Waals surface area (Å²) in [7, 11) is 1.20. The number of hydrogen-bond donors (Lipinski definition) is 0. The third-order valence-electron chi connectivity index (χ3n) is 5.94. The molecule has 0 saturated heterocycles. The van der Waals surface area contributed by atoms with E-state index < -0.39 is 29.1 Å². The Kier molecular flexibility index (Phi) is 6.77. The van der Waals surface area contributed by atoms with Crippen molar-refractivity contribution in [3.05, 3.63) is 98.4 Å². The number of rotatable bonds is 5. The summed E-state index contributed by atoms with van der Waals surface area (Å²) in [6.45, 7) is 0.817. The zero-order valence-corrected chi connectivity index (χ0v) is 20.6. The molecule has 196 valence electrons. The Morgan fingerprint density at radius 2 is 1.76 bits per heavy atom. The van der Waals surface area contributed by atoms with Crippen LogP contribution in [0.25, 0.3) is 11.0 Å². The number of esters is 1. The third kappa shape index (κ3) is 5.05. The van der Waals surface area contributed by atoms with E-state index in [1.54, 1.807) is 12.1 Å². The molecule has 1 aromatic heterocycles. The lowest BCUT2D eigenvalue weighted by atomic mass is 10.1. The maximum Gasteiger partial charge on any atom is 0.453 e. The van der Waals surface area contributed by atoms with Crippen LogP contribution in [0, 0.1) is 0 Å². The van der Waals surface area contributed by atoms with E-state index in [0.29, 0.717) is 22.9 Å². The van der Waals surface area contributed by atoms with Crippen LogP contribution in [0.2, 0.25) is 5.02 Å². The molecule has 0 radical (unpaired) electrons. The highest BCUT2D eigenvalue weighted by Crippen LogP contribution is 2.41. The minimum absolute atomic E-state index is 0.0881. The van der Waals surface area contributed by atoms with Crippen molar-refractivity contribution in [1.82, 2.24) is 4.90 Å². The Labute approximate surface area is 218 Å². The van der Waals surface area contributed by atoms with Crippen LogP contribution in [0.3, 0.4) is 0 Å². The first-order valence-corrected chi connectivity index (χ1v) is 11.7. The van der Waals surface area contributed by atoms with Crippen molar-refractivity contribution in [3.63, 3.8) is 0 Å². The van der Waals surface area contributed by atoms with Crippen molar-refractivity contribution < 1.29 is 36.6 Å². The first-order valence-electron chi connectivity index (χ1n) is 11.3. The van der Waals surface area contributed by atoms with Gasteiger partial charge in [0.15, 0.2) is 0 Å². The molecule has 1 aliphatic rings. The number of nitrogens with zero attached hydrogens (tertiary/aromatic N) is 1. The molecular weight excluding hydrogens is 527 g/mol. The fourth-order valence-electron chi connectivity index (χ4n) is 4.12. The molecule has 0 saturated carbocycles. The van der Waals surface area contributed by atoms with Crippen LogP contribution in [0.5, 0.6) is 17.2 Å². The van der Waals surface area contributed by atoms with Crippen molar-refractivity contribution in [3.8, 4) is 17.2 Å². The van der Waals surface area contributed by atoms with Gasteiger partial charge in [-0.3, -0.25) is 9.69 Å². The zero-order chi connectivity index (χ0) is 27.0. The molecular formula is C27H19ClF3NO6. The van der Waals surface area contributed by atoms with Gasteiger partial charge in [-0.1, -0.05) is 23.7 Å². The number of carbonyl (C=O) groups is 1. The van der Waals surface area contributed by atoms with E-state index in [4.69, 9.17) is 25.5 Å². The number of benzene rings is 3. The number of ether oxygens (including phenoxy) is 3. The van der Waals surface area contributed by atoms with Crippen molar-refractivity contribution in [2.45, 2.75) is 19.3 Å².